The molecule has 2 aromatic carbocycles. The summed E-state index contributed by atoms with van der Waals surface area (Å²) >= 11 is 0. The van der Waals surface area contributed by atoms with E-state index in [4.69, 9.17) is 9.47 Å². The summed E-state index contributed by atoms with van der Waals surface area (Å²) in [7, 11) is 1.61. The smallest absolute Gasteiger partial charge is 0.416 e. The van der Waals surface area contributed by atoms with Gasteiger partial charge in [-0.05, 0) is 83.2 Å². The van der Waals surface area contributed by atoms with Crippen LogP contribution in [-0.4, -0.2) is 49.9 Å². The second-order valence-corrected chi connectivity index (χ2v) is 13.6. The zero-order valence-corrected chi connectivity index (χ0v) is 27.9. The van der Waals surface area contributed by atoms with Crippen LogP contribution >= 0.6 is 0 Å². The molecular weight excluding hydrogens is 634 g/mol. The Labute approximate surface area is 277 Å². The summed E-state index contributed by atoms with van der Waals surface area (Å²) in [5.41, 5.74) is 1.95. The molecule has 3 aromatic rings. The number of benzene rings is 2. The van der Waals surface area contributed by atoms with Gasteiger partial charge in [-0.3, -0.25) is 0 Å². The lowest BCUT2D eigenvalue weighted by molar-refractivity contribution is -0.143. The van der Waals surface area contributed by atoms with Gasteiger partial charge in [0.2, 0.25) is 5.95 Å². The third-order valence-electron chi connectivity index (χ3n) is 9.07. The van der Waals surface area contributed by atoms with Gasteiger partial charge in [-0.1, -0.05) is 33.8 Å². The summed E-state index contributed by atoms with van der Waals surface area (Å²) < 4.78 is 94.2. The van der Waals surface area contributed by atoms with Crippen molar-refractivity contribution >= 4 is 17.2 Å². The maximum absolute atomic E-state index is 13.8. The number of allylic oxidation sites excluding steroid dienone is 1. The maximum Gasteiger partial charge on any atom is 0.416 e. The number of hydrogen-bond donors (Lipinski definition) is 0. The lowest BCUT2D eigenvalue weighted by atomic mass is 9.72. The van der Waals surface area contributed by atoms with Crippen molar-refractivity contribution in [2.75, 3.05) is 49.8 Å². The molecule has 2 heterocycles. The summed E-state index contributed by atoms with van der Waals surface area (Å²) in [6.07, 6.45) is -4.35. The number of rotatable bonds is 9. The number of anilines is 2. The molecule has 6 nitrogen and oxygen atoms in total. The first kappa shape index (κ1) is 35.5. The van der Waals surface area contributed by atoms with Crippen LogP contribution in [0, 0.1) is 5.41 Å². The molecule has 1 saturated heterocycles. The summed E-state index contributed by atoms with van der Waals surface area (Å²) in [5, 5.41) is 0. The molecule has 0 bridgehead atoms. The average Bonchev–Trinajstić information content (AvgIpc) is 3.03. The van der Waals surface area contributed by atoms with Gasteiger partial charge in [-0.2, -0.15) is 26.3 Å². The van der Waals surface area contributed by atoms with Gasteiger partial charge in [-0.25, -0.2) is 9.97 Å². The van der Waals surface area contributed by atoms with Crippen molar-refractivity contribution in [3.8, 4) is 5.75 Å². The fourth-order valence-electron chi connectivity index (χ4n) is 6.43. The number of methoxy groups -OCH3 is 1. The summed E-state index contributed by atoms with van der Waals surface area (Å²) in [4.78, 5) is 13.0. The molecule has 0 radical (unpaired) electrons. The van der Waals surface area contributed by atoms with Crippen LogP contribution in [0.5, 0.6) is 5.75 Å². The molecule has 0 amide bonds. The zero-order chi connectivity index (χ0) is 34.9. The van der Waals surface area contributed by atoms with Crippen LogP contribution in [0.2, 0.25) is 0 Å². The van der Waals surface area contributed by atoms with E-state index >= 15 is 0 Å². The molecule has 0 saturated carbocycles. The Morgan fingerprint density at radius 3 is 2.10 bits per heavy atom. The lowest BCUT2D eigenvalue weighted by Gasteiger charge is -2.36. The SMILES string of the molecule is COc1ccc(C(C)C)cc1C1=C(CN(Cc2cc(C(F)(F)F)cc(C(F)(F)F)c2)c2ncc(N3CCOCC3)cn2)CC(C)(C)CC1. The summed E-state index contributed by atoms with van der Waals surface area (Å²) in [6.45, 7) is 10.9. The molecule has 12 heteroatoms. The van der Waals surface area contributed by atoms with Gasteiger partial charge in [0.15, 0.2) is 0 Å². The Balaban J connectivity index is 1.62. The standard InChI is InChI=1S/C36H42F6N4O2/c1-23(2)25-6-7-32(47-5)31(16-25)30-8-9-34(3,4)18-26(30)22-46(33-43-19-29(20-44-33)45-10-12-48-13-11-45)21-24-14-27(35(37,38)39)17-28(15-24)36(40,41)42/h6-7,14-17,19-20,23H,8-13,18,21-22H2,1-5H3. The Kier molecular flexibility index (Phi) is 10.3. The monoisotopic (exact) mass is 676 g/mol. The molecule has 1 aliphatic carbocycles. The van der Waals surface area contributed by atoms with E-state index in [2.05, 4.69) is 48.6 Å². The predicted molar refractivity (Wildman–Crippen MR) is 174 cm³/mol. The van der Waals surface area contributed by atoms with E-state index in [-0.39, 0.29) is 42.0 Å². The van der Waals surface area contributed by atoms with Crippen molar-refractivity contribution in [3.05, 3.63) is 82.2 Å². The summed E-state index contributed by atoms with van der Waals surface area (Å²) in [6, 6.07) is 7.81. The van der Waals surface area contributed by atoms with Crippen molar-refractivity contribution in [1.82, 2.24) is 9.97 Å². The zero-order valence-electron chi connectivity index (χ0n) is 27.9. The van der Waals surface area contributed by atoms with E-state index in [1.54, 1.807) is 24.4 Å². The normalized spacial score (nSPS) is 17.2. The van der Waals surface area contributed by atoms with Crippen LogP contribution < -0.4 is 14.5 Å². The second kappa shape index (κ2) is 14.0. The van der Waals surface area contributed by atoms with Gasteiger partial charge >= 0.3 is 12.4 Å². The van der Waals surface area contributed by atoms with E-state index in [9.17, 15) is 26.3 Å². The van der Waals surface area contributed by atoms with Gasteiger partial charge in [0.05, 0.1) is 49.5 Å². The van der Waals surface area contributed by atoms with Crippen LogP contribution in [0.25, 0.3) is 5.57 Å². The molecule has 1 aliphatic heterocycles. The highest BCUT2D eigenvalue weighted by Crippen LogP contribution is 2.46. The van der Waals surface area contributed by atoms with E-state index < -0.39 is 23.5 Å². The average molecular weight is 677 g/mol. The van der Waals surface area contributed by atoms with Gasteiger partial charge in [0.1, 0.15) is 5.75 Å². The number of aromatic nitrogens is 2. The van der Waals surface area contributed by atoms with Crippen LogP contribution in [0.4, 0.5) is 38.0 Å². The van der Waals surface area contributed by atoms with E-state index in [0.717, 1.165) is 52.9 Å². The van der Waals surface area contributed by atoms with Crippen molar-refractivity contribution in [2.24, 2.45) is 5.41 Å². The quantitative estimate of drug-likeness (QED) is 0.211. The van der Waals surface area contributed by atoms with Gasteiger partial charge in [0, 0.05) is 31.7 Å². The largest absolute Gasteiger partial charge is 0.496 e. The predicted octanol–water partition coefficient (Wildman–Crippen LogP) is 9.15. The topological polar surface area (TPSA) is 50.7 Å². The minimum absolute atomic E-state index is 0.0892. The number of morpholine rings is 1. The third-order valence-corrected chi connectivity index (χ3v) is 9.07. The van der Waals surface area contributed by atoms with E-state index in [1.165, 1.54) is 0 Å². The minimum Gasteiger partial charge on any atom is -0.496 e. The number of alkyl halides is 6. The van der Waals surface area contributed by atoms with Gasteiger partial charge in [0.25, 0.3) is 0 Å². The van der Waals surface area contributed by atoms with E-state index in [1.807, 2.05) is 12.1 Å². The molecule has 0 atom stereocenters. The van der Waals surface area contributed by atoms with Crippen LogP contribution in [-0.2, 0) is 23.6 Å². The Hall–Kier alpha value is -3.80. The molecule has 5 rings (SSSR count). The van der Waals surface area contributed by atoms with Crippen LogP contribution in [0.1, 0.15) is 80.7 Å². The Morgan fingerprint density at radius 2 is 1.54 bits per heavy atom. The second-order valence-electron chi connectivity index (χ2n) is 13.6. The Morgan fingerprint density at radius 1 is 0.917 bits per heavy atom. The molecule has 260 valence electrons. The third kappa shape index (κ3) is 8.43. The van der Waals surface area contributed by atoms with E-state index in [0.29, 0.717) is 38.5 Å². The number of ether oxygens (including phenoxy) is 2. The number of halogens is 6. The molecular formula is C36H42F6N4O2. The van der Waals surface area contributed by atoms with Crippen molar-refractivity contribution < 1.29 is 35.8 Å². The molecule has 1 fully saturated rings. The van der Waals surface area contributed by atoms with Gasteiger partial charge < -0.3 is 19.3 Å². The highest BCUT2D eigenvalue weighted by atomic mass is 19.4. The highest BCUT2D eigenvalue weighted by Gasteiger charge is 2.37. The molecule has 0 unspecified atom stereocenters. The number of nitrogens with zero attached hydrogens (tertiary/aromatic N) is 4. The molecule has 48 heavy (non-hydrogen) atoms. The number of hydrogen-bond acceptors (Lipinski definition) is 6. The van der Waals surface area contributed by atoms with Crippen molar-refractivity contribution in [3.63, 3.8) is 0 Å². The summed E-state index contributed by atoms with van der Waals surface area (Å²) in [5.74, 6) is 1.17. The highest BCUT2D eigenvalue weighted by molar-refractivity contribution is 5.75. The molecule has 2 aliphatic rings. The van der Waals surface area contributed by atoms with Crippen molar-refractivity contribution in [2.45, 2.75) is 71.8 Å². The molecule has 1 aromatic heterocycles. The molecule has 0 N–H and O–H groups in total. The van der Waals surface area contributed by atoms with Crippen LogP contribution in [0.3, 0.4) is 0 Å². The first-order valence-corrected chi connectivity index (χ1v) is 16.1. The minimum atomic E-state index is -4.96. The first-order valence-electron chi connectivity index (χ1n) is 16.1. The first-order chi connectivity index (χ1) is 22.5. The van der Waals surface area contributed by atoms with Gasteiger partial charge in [-0.15, -0.1) is 0 Å². The Bertz CT molecular complexity index is 1580. The lowest BCUT2D eigenvalue weighted by Crippen LogP contribution is -2.36. The maximum atomic E-state index is 13.8. The molecule has 0 spiro atoms. The van der Waals surface area contributed by atoms with Crippen LogP contribution in [0.15, 0.2) is 54.4 Å². The van der Waals surface area contributed by atoms with Crippen molar-refractivity contribution in [1.29, 1.82) is 0 Å². The fraction of sp³-hybridized carbons (Fsp3) is 0.500. The fourth-order valence-corrected chi connectivity index (χ4v) is 6.43.